The van der Waals surface area contributed by atoms with E-state index in [1.165, 1.54) is 34.4 Å². The largest absolute Gasteiger partial charge is 0.395 e. The Morgan fingerprint density at radius 2 is 1.79 bits per heavy atom. The Balaban J connectivity index is 0.00000240. The molecule has 0 fully saturated rings. The Kier molecular flexibility index (Phi) is 6.68. The minimum atomic E-state index is -0.212. The summed E-state index contributed by atoms with van der Waals surface area (Å²) < 4.78 is 0. The number of hydrogen-bond donors (Lipinski definition) is 1. The van der Waals surface area contributed by atoms with Crippen molar-refractivity contribution in [3.8, 4) is 11.3 Å². The van der Waals surface area contributed by atoms with Gasteiger partial charge in [-0.15, -0.1) is 12.4 Å². The average molecular weight is 428 g/mol. The third-order valence-electron chi connectivity index (χ3n) is 5.79. The summed E-state index contributed by atoms with van der Waals surface area (Å²) in [6, 6.07) is 18.8. The van der Waals surface area contributed by atoms with Crippen LogP contribution in [0.5, 0.6) is 0 Å². The van der Waals surface area contributed by atoms with Crippen LogP contribution in [0.15, 0.2) is 54.6 Å². The van der Waals surface area contributed by atoms with Crippen LogP contribution in [0.4, 0.5) is 0 Å². The van der Waals surface area contributed by atoms with Crippen molar-refractivity contribution >= 4 is 24.0 Å². The number of fused-ring (bicyclic) bond motifs is 1. The molecule has 1 aliphatic rings. The molecule has 1 N–H and O–H groups in total. The van der Waals surface area contributed by atoms with Gasteiger partial charge in [0, 0.05) is 21.7 Å². The van der Waals surface area contributed by atoms with Gasteiger partial charge < -0.3 is 5.11 Å². The lowest BCUT2D eigenvalue weighted by Gasteiger charge is -2.22. The minimum Gasteiger partial charge on any atom is -0.395 e. The molecule has 0 aliphatic heterocycles. The zero-order valence-corrected chi connectivity index (χ0v) is 18.5. The van der Waals surface area contributed by atoms with Crippen molar-refractivity contribution < 1.29 is 5.11 Å². The standard InChI is InChI=1S/C25H26ClNO.ClH/c1-25(2,16-28)20-11-9-17(10-12-20)13-19-15-24(18-5-3-6-21(26)14-18)27-23-8-4-7-22(19)23;/h3,5-6,9-12,14-15,28H,4,7-8,13,16H2,1-2H3;1H. The van der Waals surface area contributed by atoms with Gasteiger partial charge in [-0.1, -0.05) is 61.8 Å². The highest BCUT2D eigenvalue weighted by Crippen LogP contribution is 2.31. The minimum absolute atomic E-state index is 0. The van der Waals surface area contributed by atoms with E-state index in [2.05, 4.69) is 50.2 Å². The monoisotopic (exact) mass is 427 g/mol. The molecule has 2 aromatic carbocycles. The Labute approximate surface area is 184 Å². The van der Waals surface area contributed by atoms with E-state index < -0.39 is 0 Å². The maximum Gasteiger partial charge on any atom is 0.0708 e. The van der Waals surface area contributed by atoms with Crippen molar-refractivity contribution in [2.75, 3.05) is 6.61 Å². The van der Waals surface area contributed by atoms with E-state index in [1.54, 1.807) is 0 Å². The summed E-state index contributed by atoms with van der Waals surface area (Å²) in [4.78, 5) is 4.94. The molecule has 2 nitrogen and oxygen atoms in total. The molecule has 0 unspecified atom stereocenters. The van der Waals surface area contributed by atoms with Crippen LogP contribution in [-0.4, -0.2) is 16.7 Å². The summed E-state index contributed by atoms with van der Waals surface area (Å²) >= 11 is 6.20. The van der Waals surface area contributed by atoms with E-state index in [1.807, 2.05) is 18.2 Å². The maximum atomic E-state index is 9.60. The molecule has 4 rings (SSSR count). The normalized spacial score (nSPS) is 13.1. The molecule has 0 radical (unpaired) electrons. The van der Waals surface area contributed by atoms with E-state index in [4.69, 9.17) is 16.6 Å². The van der Waals surface area contributed by atoms with Crippen molar-refractivity contribution in [3.05, 3.63) is 87.6 Å². The first kappa shape index (κ1) is 21.8. The Morgan fingerprint density at radius 3 is 2.48 bits per heavy atom. The third kappa shape index (κ3) is 4.66. The van der Waals surface area contributed by atoms with Crippen molar-refractivity contribution in [2.45, 2.75) is 44.9 Å². The van der Waals surface area contributed by atoms with E-state index in [0.29, 0.717) is 0 Å². The molecule has 29 heavy (non-hydrogen) atoms. The van der Waals surface area contributed by atoms with Gasteiger partial charge in [-0.3, -0.25) is 4.98 Å². The maximum absolute atomic E-state index is 9.60. The molecule has 0 bridgehead atoms. The van der Waals surface area contributed by atoms with E-state index in [0.717, 1.165) is 35.5 Å². The second kappa shape index (κ2) is 8.87. The first-order valence-electron chi connectivity index (χ1n) is 9.94. The number of nitrogens with zero attached hydrogens (tertiary/aromatic N) is 1. The summed E-state index contributed by atoms with van der Waals surface area (Å²) in [5, 5.41) is 10.3. The summed E-state index contributed by atoms with van der Waals surface area (Å²) in [7, 11) is 0. The molecule has 0 saturated carbocycles. The number of hydrogen-bond acceptors (Lipinski definition) is 2. The van der Waals surface area contributed by atoms with Gasteiger partial charge in [0.05, 0.1) is 12.3 Å². The Bertz CT molecular complexity index is 996. The summed E-state index contributed by atoms with van der Waals surface area (Å²) in [5.74, 6) is 0. The van der Waals surface area contributed by atoms with Crippen LogP contribution in [0.3, 0.4) is 0 Å². The highest BCUT2D eigenvalue weighted by Gasteiger charge is 2.21. The van der Waals surface area contributed by atoms with Crippen LogP contribution in [0, 0.1) is 0 Å². The lowest BCUT2D eigenvalue weighted by atomic mass is 9.85. The lowest BCUT2D eigenvalue weighted by Crippen LogP contribution is -2.21. The van der Waals surface area contributed by atoms with Gasteiger partial charge >= 0.3 is 0 Å². The van der Waals surface area contributed by atoms with Crippen LogP contribution in [0.25, 0.3) is 11.3 Å². The predicted molar refractivity (Wildman–Crippen MR) is 123 cm³/mol. The Hall–Kier alpha value is -1.87. The summed E-state index contributed by atoms with van der Waals surface area (Å²) in [5.41, 5.74) is 8.35. The number of halogens is 2. The zero-order chi connectivity index (χ0) is 19.7. The molecule has 4 heteroatoms. The fourth-order valence-corrected chi connectivity index (χ4v) is 4.16. The number of aliphatic hydroxyl groups excluding tert-OH is 1. The molecular formula is C25H27Cl2NO. The van der Waals surface area contributed by atoms with Gasteiger partial charge in [0.15, 0.2) is 0 Å². The van der Waals surface area contributed by atoms with Crippen LogP contribution in [0.1, 0.15) is 48.2 Å². The molecular weight excluding hydrogens is 401 g/mol. The van der Waals surface area contributed by atoms with Gasteiger partial charge in [-0.2, -0.15) is 0 Å². The molecule has 152 valence electrons. The molecule has 1 aromatic heterocycles. The van der Waals surface area contributed by atoms with E-state index in [-0.39, 0.29) is 24.4 Å². The number of aryl methyl sites for hydroxylation is 1. The molecule has 0 amide bonds. The highest BCUT2D eigenvalue weighted by atomic mass is 35.5. The molecule has 0 atom stereocenters. The number of aromatic nitrogens is 1. The van der Waals surface area contributed by atoms with Crippen molar-refractivity contribution in [3.63, 3.8) is 0 Å². The van der Waals surface area contributed by atoms with Crippen LogP contribution in [0.2, 0.25) is 5.02 Å². The average Bonchev–Trinajstić information content (AvgIpc) is 3.17. The second-order valence-electron chi connectivity index (χ2n) is 8.37. The number of rotatable bonds is 5. The fraction of sp³-hybridized carbons (Fsp3) is 0.320. The first-order valence-corrected chi connectivity index (χ1v) is 10.3. The summed E-state index contributed by atoms with van der Waals surface area (Å²) in [6.07, 6.45) is 4.25. The van der Waals surface area contributed by atoms with Gasteiger partial charge in [0.25, 0.3) is 0 Å². The number of benzene rings is 2. The molecule has 0 spiro atoms. The van der Waals surface area contributed by atoms with Gasteiger partial charge in [-0.25, -0.2) is 0 Å². The van der Waals surface area contributed by atoms with Crippen LogP contribution < -0.4 is 0 Å². The number of pyridine rings is 1. The van der Waals surface area contributed by atoms with Gasteiger partial charge in [-0.05, 0) is 66.1 Å². The zero-order valence-electron chi connectivity index (χ0n) is 16.9. The lowest BCUT2D eigenvalue weighted by molar-refractivity contribution is 0.218. The molecule has 3 aromatic rings. The highest BCUT2D eigenvalue weighted by molar-refractivity contribution is 6.30. The molecule has 1 heterocycles. The number of aliphatic hydroxyl groups is 1. The first-order chi connectivity index (χ1) is 13.5. The predicted octanol–water partition coefficient (Wildman–Crippen LogP) is 6.17. The Morgan fingerprint density at radius 1 is 1.03 bits per heavy atom. The topological polar surface area (TPSA) is 33.1 Å². The summed E-state index contributed by atoms with van der Waals surface area (Å²) in [6.45, 7) is 4.28. The second-order valence-corrected chi connectivity index (χ2v) is 8.81. The fourth-order valence-electron chi connectivity index (χ4n) is 3.97. The van der Waals surface area contributed by atoms with Gasteiger partial charge in [0.2, 0.25) is 0 Å². The van der Waals surface area contributed by atoms with Gasteiger partial charge in [0.1, 0.15) is 0 Å². The van der Waals surface area contributed by atoms with Crippen molar-refractivity contribution in [1.29, 1.82) is 0 Å². The van der Waals surface area contributed by atoms with Crippen LogP contribution >= 0.6 is 24.0 Å². The molecule has 1 aliphatic carbocycles. The third-order valence-corrected chi connectivity index (χ3v) is 6.02. The van der Waals surface area contributed by atoms with E-state index >= 15 is 0 Å². The smallest absolute Gasteiger partial charge is 0.0708 e. The van der Waals surface area contributed by atoms with Crippen molar-refractivity contribution in [2.24, 2.45) is 0 Å². The van der Waals surface area contributed by atoms with Crippen molar-refractivity contribution in [1.82, 2.24) is 4.98 Å². The quantitative estimate of drug-likeness (QED) is 0.527. The molecule has 0 saturated heterocycles. The SMILES string of the molecule is CC(C)(CO)c1ccc(Cc2cc(-c3cccc(Cl)c3)nc3c2CCC3)cc1.Cl. The van der Waals surface area contributed by atoms with Crippen LogP contribution in [-0.2, 0) is 24.7 Å². The van der Waals surface area contributed by atoms with E-state index in [9.17, 15) is 5.11 Å².